The number of rotatable bonds is 4. The van der Waals surface area contributed by atoms with Gasteiger partial charge in [0.15, 0.2) is 0 Å². The summed E-state index contributed by atoms with van der Waals surface area (Å²) in [6.07, 6.45) is -0.224. The zero-order valence-corrected chi connectivity index (χ0v) is 8.01. The minimum Gasteiger partial charge on any atom is -0.481 e. The van der Waals surface area contributed by atoms with Crippen LogP contribution < -0.4 is 5.73 Å². The molecule has 0 heterocycles. The minimum atomic E-state index is -1.17. The SMILES string of the molecule is CP.NC(CCC(=O)O)C(=O)O. The predicted molar refractivity (Wildman–Crippen MR) is 48.1 cm³/mol. The highest BCUT2D eigenvalue weighted by molar-refractivity contribution is 7.15. The third-order valence-corrected chi connectivity index (χ3v) is 0.986. The van der Waals surface area contributed by atoms with Gasteiger partial charge in [0.05, 0.1) is 0 Å². The highest BCUT2D eigenvalue weighted by atomic mass is 31.0. The standard InChI is InChI=1S/C5H9NO4.CH5P/c6-3(5(9)10)1-2-4(7)8;1-2/h3H,1-2,6H2,(H,7,8)(H,9,10);2H2,1H3. The summed E-state index contributed by atoms with van der Waals surface area (Å²) in [6, 6.07) is -1.06. The Morgan fingerprint density at radius 2 is 1.83 bits per heavy atom. The lowest BCUT2D eigenvalue weighted by atomic mass is 10.2. The second-order valence-electron chi connectivity index (χ2n) is 1.88. The summed E-state index contributed by atoms with van der Waals surface area (Å²) >= 11 is 0. The Morgan fingerprint density at radius 1 is 1.42 bits per heavy atom. The van der Waals surface area contributed by atoms with Crippen molar-refractivity contribution in [1.82, 2.24) is 0 Å². The molecule has 2 atom stereocenters. The molecule has 4 N–H and O–H groups in total. The smallest absolute Gasteiger partial charge is 0.320 e. The van der Waals surface area contributed by atoms with Crippen molar-refractivity contribution in [2.45, 2.75) is 18.9 Å². The molecule has 0 saturated heterocycles. The lowest BCUT2D eigenvalue weighted by Gasteiger charge is -2.01. The molecule has 0 aromatic rings. The van der Waals surface area contributed by atoms with E-state index < -0.39 is 18.0 Å². The maximum Gasteiger partial charge on any atom is 0.320 e. The Balaban J connectivity index is 0. The van der Waals surface area contributed by atoms with Gasteiger partial charge in [-0.1, -0.05) is 6.66 Å². The number of aliphatic carboxylic acids is 2. The fraction of sp³-hybridized carbons (Fsp3) is 0.667. The first-order chi connectivity index (χ1) is 5.54. The van der Waals surface area contributed by atoms with E-state index in [-0.39, 0.29) is 12.8 Å². The third kappa shape index (κ3) is 9.33. The summed E-state index contributed by atoms with van der Waals surface area (Å²) < 4.78 is 0. The summed E-state index contributed by atoms with van der Waals surface area (Å²) in [5.74, 6) is -2.20. The number of hydrogen-bond acceptors (Lipinski definition) is 3. The third-order valence-electron chi connectivity index (χ3n) is 0.986. The summed E-state index contributed by atoms with van der Waals surface area (Å²) in [7, 11) is 2.42. The van der Waals surface area contributed by atoms with Gasteiger partial charge in [0.2, 0.25) is 0 Å². The fourth-order valence-corrected chi connectivity index (χ4v) is 0.402. The van der Waals surface area contributed by atoms with Gasteiger partial charge >= 0.3 is 11.9 Å². The number of carbonyl (C=O) groups is 2. The Kier molecular flexibility index (Phi) is 9.75. The van der Waals surface area contributed by atoms with Crippen LogP contribution in [-0.2, 0) is 9.59 Å². The Hall–Kier alpha value is -0.670. The molecule has 5 nitrogen and oxygen atoms in total. The molecule has 2 unspecified atom stereocenters. The van der Waals surface area contributed by atoms with Gasteiger partial charge in [0.25, 0.3) is 0 Å². The zero-order chi connectivity index (χ0) is 10.1. The molecule has 0 rings (SSSR count). The van der Waals surface area contributed by atoms with Crippen molar-refractivity contribution in [3.05, 3.63) is 0 Å². The Labute approximate surface area is 73.2 Å². The second-order valence-corrected chi connectivity index (χ2v) is 1.88. The van der Waals surface area contributed by atoms with Crippen LogP contribution in [0.2, 0.25) is 0 Å². The van der Waals surface area contributed by atoms with Gasteiger partial charge in [0, 0.05) is 6.42 Å². The molecule has 0 bridgehead atoms. The molecule has 0 saturated carbocycles. The molecular formula is C6H14NO4P. The second kappa shape index (κ2) is 8.43. The van der Waals surface area contributed by atoms with Crippen LogP contribution in [0.3, 0.4) is 0 Å². The molecular weight excluding hydrogens is 181 g/mol. The maximum absolute atomic E-state index is 9.99. The van der Waals surface area contributed by atoms with E-state index in [1.54, 1.807) is 0 Å². The maximum atomic E-state index is 9.99. The fourth-order valence-electron chi connectivity index (χ4n) is 0.402. The number of hydrogen-bond donors (Lipinski definition) is 3. The van der Waals surface area contributed by atoms with Gasteiger partial charge in [-0.15, -0.1) is 9.24 Å². The normalized spacial score (nSPS) is 10.9. The highest BCUT2D eigenvalue weighted by Crippen LogP contribution is 1.93. The van der Waals surface area contributed by atoms with Gasteiger partial charge in [-0.2, -0.15) is 0 Å². The first-order valence-corrected chi connectivity index (χ1v) is 4.47. The Morgan fingerprint density at radius 3 is 2.08 bits per heavy atom. The van der Waals surface area contributed by atoms with E-state index in [0.717, 1.165) is 0 Å². The zero-order valence-electron chi connectivity index (χ0n) is 6.86. The summed E-state index contributed by atoms with van der Waals surface area (Å²) in [6.45, 7) is 1.92. The highest BCUT2D eigenvalue weighted by Gasteiger charge is 2.12. The van der Waals surface area contributed by atoms with Crippen molar-refractivity contribution in [3.8, 4) is 0 Å². The largest absolute Gasteiger partial charge is 0.481 e. The Bertz CT molecular complexity index is 150. The van der Waals surface area contributed by atoms with Crippen LogP contribution in [0, 0.1) is 0 Å². The van der Waals surface area contributed by atoms with E-state index in [4.69, 9.17) is 15.9 Å². The molecule has 0 aromatic heterocycles. The molecule has 12 heavy (non-hydrogen) atoms. The molecule has 0 aromatic carbocycles. The molecule has 0 aliphatic carbocycles. The van der Waals surface area contributed by atoms with Gasteiger partial charge in [0.1, 0.15) is 6.04 Å². The van der Waals surface area contributed by atoms with Gasteiger partial charge in [-0.3, -0.25) is 9.59 Å². The molecule has 0 amide bonds. The first-order valence-electron chi connectivity index (χ1n) is 3.32. The lowest BCUT2D eigenvalue weighted by Crippen LogP contribution is -2.30. The van der Waals surface area contributed by atoms with Crippen LogP contribution in [0.25, 0.3) is 0 Å². The first kappa shape index (κ1) is 13.9. The number of carboxylic acid groups (broad SMARTS) is 2. The number of nitrogens with two attached hydrogens (primary N) is 1. The summed E-state index contributed by atoms with van der Waals surface area (Å²) in [4.78, 5) is 19.9. The number of carboxylic acids is 2. The van der Waals surface area contributed by atoms with Crippen molar-refractivity contribution in [3.63, 3.8) is 0 Å². The van der Waals surface area contributed by atoms with E-state index in [0.29, 0.717) is 0 Å². The molecule has 0 radical (unpaired) electrons. The quantitative estimate of drug-likeness (QED) is 0.537. The summed E-state index contributed by atoms with van der Waals surface area (Å²) in [5, 5.41) is 16.3. The van der Waals surface area contributed by atoms with Crippen LogP contribution in [0.5, 0.6) is 0 Å². The van der Waals surface area contributed by atoms with Gasteiger partial charge in [-0.05, 0) is 6.42 Å². The van der Waals surface area contributed by atoms with Crippen LogP contribution in [0.15, 0.2) is 0 Å². The summed E-state index contributed by atoms with van der Waals surface area (Å²) in [5.41, 5.74) is 5.00. The van der Waals surface area contributed by atoms with Crippen molar-refractivity contribution in [1.29, 1.82) is 0 Å². The molecule has 0 aliphatic rings. The molecule has 0 aliphatic heterocycles. The van der Waals surface area contributed by atoms with Crippen molar-refractivity contribution >= 4 is 21.2 Å². The van der Waals surface area contributed by atoms with Crippen LogP contribution in [0.1, 0.15) is 12.8 Å². The molecule has 6 heteroatoms. The average molecular weight is 195 g/mol. The molecule has 0 fully saturated rings. The van der Waals surface area contributed by atoms with Crippen LogP contribution in [-0.4, -0.2) is 34.9 Å². The van der Waals surface area contributed by atoms with Crippen molar-refractivity contribution < 1.29 is 19.8 Å². The molecule has 72 valence electrons. The average Bonchev–Trinajstić information content (AvgIpc) is 2.03. The van der Waals surface area contributed by atoms with Gasteiger partial charge in [-0.25, -0.2) is 0 Å². The monoisotopic (exact) mass is 195 g/mol. The topological polar surface area (TPSA) is 101 Å². The van der Waals surface area contributed by atoms with E-state index in [1.807, 2.05) is 6.66 Å². The predicted octanol–water partition coefficient (Wildman–Crippen LogP) is -0.246. The van der Waals surface area contributed by atoms with Crippen molar-refractivity contribution in [2.24, 2.45) is 5.73 Å². The minimum absolute atomic E-state index is 0.0231. The van der Waals surface area contributed by atoms with Crippen LogP contribution in [0.4, 0.5) is 0 Å². The van der Waals surface area contributed by atoms with E-state index in [1.165, 1.54) is 0 Å². The van der Waals surface area contributed by atoms with Gasteiger partial charge < -0.3 is 15.9 Å². The lowest BCUT2D eigenvalue weighted by molar-refractivity contribution is -0.139. The van der Waals surface area contributed by atoms with E-state index in [9.17, 15) is 9.59 Å². The van der Waals surface area contributed by atoms with Crippen LogP contribution >= 0.6 is 9.24 Å². The van der Waals surface area contributed by atoms with E-state index in [2.05, 4.69) is 9.24 Å². The molecule has 0 spiro atoms. The van der Waals surface area contributed by atoms with E-state index >= 15 is 0 Å². The van der Waals surface area contributed by atoms with Crippen molar-refractivity contribution in [2.75, 3.05) is 6.66 Å².